The fraction of sp³-hybridized carbons (Fsp3) is 0.471. The molecule has 3 rings (SSSR count). The number of hydrogen-bond acceptors (Lipinski definition) is 5. The number of aromatic nitrogens is 2. The molecule has 2 heterocycles. The SMILES string of the molecule is COc1cccc2c(=O)[nH]c(CCC(=O)N3CCCNCC3)nc12. The Kier molecular flexibility index (Phi) is 5.10. The van der Waals surface area contributed by atoms with Gasteiger partial charge in [0.2, 0.25) is 5.91 Å². The van der Waals surface area contributed by atoms with Crippen LogP contribution in [0.4, 0.5) is 0 Å². The molecular weight excluding hydrogens is 308 g/mol. The van der Waals surface area contributed by atoms with E-state index in [2.05, 4.69) is 15.3 Å². The molecule has 1 aliphatic rings. The number of fused-ring (bicyclic) bond motifs is 1. The molecule has 2 N–H and O–H groups in total. The van der Waals surface area contributed by atoms with Crippen LogP contribution in [0.15, 0.2) is 23.0 Å². The van der Waals surface area contributed by atoms with Gasteiger partial charge in [-0.3, -0.25) is 9.59 Å². The second-order valence-electron chi connectivity index (χ2n) is 5.85. The van der Waals surface area contributed by atoms with Crippen LogP contribution in [-0.4, -0.2) is 54.1 Å². The minimum absolute atomic E-state index is 0.0986. The summed E-state index contributed by atoms with van der Waals surface area (Å²) in [4.78, 5) is 33.7. The van der Waals surface area contributed by atoms with Crippen molar-refractivity contribution in [1.29, 1.82) is 0 Å². The number of amides is 1. The Morgan fingerprint density at radius 1 is 1.33 bits per heavy atom. The number of methoxy groups -OCH3 is 1. The third-order valence-electron chi connectivity index (χ3n) is 4.24. The number of ether oxygens (including phenoxy) is 1. The number of nitrogens with zero attached hydrogens (tertiary/aromatic N) is 2. The molecule has 0 atom stereocenters. The van der Waals surface area contributed by atoms with Crippen LogP contribution in [0, 0.1) is 0 Å². The van der Waals surface area contributed by atoms with Crippen LogP contribution in [0.25, 0.3) is 10.9 Å². The van der Waals surface area contributed by atoms with E-state index in [0.29, 0.717) is 35.3 Å². The summed E-state index contributed by atoms with van der Waals surface area (Å²) >= 11 is 0. The zero-order valence-corrected chi connectivity index (χ0v) is 13.8. The summed E-state index contributed by atoms with van der Waals surface area (Å²) in [6.07, 6.45) is 1.71. The van der Waals surface area contributed by atoms with Crippen LogP contribution < -0.4 is 15.6 Å². The van der Waals surface area contributed by atoms with E-state index in [4.69, 9.17) is 4.74 Å². The normalized spacial score (nSPS) is 15.3. The fourth-order valence-electron chi connectivity index (χ4n) is 2.94. The Morgan fingerprint density at radius 3 is 3.04 bits per heavy atom. The Bertz CT molecular complexity index is 779. The van der Waals surface area contributed by atoms with E-state index in [1.807, 2.05) is 4.90 Å². The first-order valence-electron chi connectivity index (χ1n) is 8.23. The molecule has 2 aromatic rings. The molecule has 7 nitrogen and oxygen atoms in total. The monoisotopic (exact) mass is 330 g/mol. The molecule has 128 valence electrons. The molecule has 0 unspecified atom stereocenters. The molecule has 1 amide bonds. The van der Waals surface area contributed by atoms with Crippen LogP contribution in [0.1, 0.15) is 18.7 Å². The minimum Gasteiger partial charge on any atom is -0.494 e. The van der Waals surface area contributed by atoms with E-state index in [-0.39, 0.29) is 11.5 Å². The first-order chi connectivity index (χ1) is 11.7. The lowest BCUT2D eigenvalue weighted by atomic mass is 10.2. The van der Waals surface area contributed by atoms with Gasteiger partial charge in [0.25, 0.3) is 5.56 Å². The second kappa shape index (κ2) is 7.44. The molecule has 0 radical (unpaired) electrons. The van der Waals surface area contributed by atoms with Crippen molar-refractivity contribution in [2.24, 2.45) is 0 Å². The topological polar surface area (TPSA) is 87.3 Å². The van der Waals surface area contributed by atoms with Crippen molar-refractivity contribution >= 4 is 16.8 Å². The number of nitrogens with one attached hydrogen (secondary N) is 2. The molecule has 0 aliphatic carbocycles. The molecular formula is C17H22N4O3. The highest BCUT2D eigenvalue weighted by Crippen LogP contribution is 2.20. The summed E-state index contributed by atoms with van der Waals surface area (Å²) in [6.45, 7) is 3.28. The van der Waals surface area contributed by atoms with Gasteiger partial charge < -0.3 is 19.9 Å². The van der Waals surface area contributed by atoms with Crippen molar-refractivity contribution in [1.82, 2.24) is 20.2 Å². The number of rotatable bonds is 4. The van der Waals surface area contributed by atoms with Crippen molar-refractivity contribution in [2.45, 2.75) is 19.3 Å². The minimum atomic E-state index is -0.208. The smallest absolute Gasteiger partial charge is 0.258 e. The van der Waals surface area contributed by atoms with Gasteiger partial charge in [-0.1, -0.05) is 6.07 Å². The molecule has 1 fully saturated rings. The van der Waals surface area contributed by atoms with Gasteiger partial charge in [0.1, 0.15) is 17.1 Å². The van der Waals surface area contributed by atoms with Crippen LogP contribution in [0.3, 0.4) is 0 Å². The Balaban J connectivity index is 1.75. The maximum absolute atomic E-state index is 12.3. The van der Waals surface area contributed by atoms with Gasteiger partial charge in [0, 0.05) is 32.5 Å². The first kappa shape index (κ1) is 16.4. The van der Waals surface area contributed by atoms with Crippen molar-refractivity contribution in [2.75, 3.05) is 33.3 Å². The number of para-hydroxylation sites is 1. The first-order valence-corrected chi connectivity index (χ1v) is 8.23. The molecule has 1 saturated heterocycles. The van der Waals surface area contributed by atoms with Gasteiger partial charge in [-0.2, -0.15) is 0 Å². The average Bonchev–Trinajstić information content (AvgIpc) is 2.88. The molecule has 0 bridgehead atoms. The molecule has 24 heavy (non-hydrogen) atoms. The number of aryl methyl sites for hydroxylation is 1. The number of aromatic amines is 1. The van der Waals surface area contributed by atoms with Gasteiger partial charge in [0.15, 0.2) is 0 Å². The van der Waals surface area contributed by atoms with Crippen molar-refractivity contribution in [3.8, 4) is 5.75 Å². The van der Waals surface area contributed by atoms with Crippen molar-refractivity contribution in [3.63, 3.8) is 0 Å². The maximum Gasteiger partial charge on any atom is 0.258 e. The van der Waals surface area contributed by atoms with Crippen LogP contribution in [-0.2, 0) is 11.2 Å². The Hall–Kier alpha value is -2.41. The number of H-pyrrole nitrogens is 1. The summed E-state index contributed by atoms with van der Waals surface area (Å²) in [6, 6.07) is 5.24. The van der Waals surface area contributed by atoms with E-state index in [9.17, 15) is 9.59 Å². The fourth-order valence-corrected chi connectivity index (χ4v) is 2.94. The van der Waals surface area contributed by atoms with Gasteiger partial charge in [0.05, 0.1) is 12.5 Å². The second-order valence-corrected chi connectivity index (χ2v) is 5.85. The predicted octanol–water partition coefficient (Wildman–Crippen LogP) is 0.686. The summed E-state index contributed by atoms with van der Waals surface area (Å²) in [7, 11) is 1.55. The van der Waals surface area contributed by atoms with Gasteiger partial charge >= 0.3 is 0 Å². The third-order valence-corrected chi connectivity index (χ3v) is 4.24. The molecule has 7 heteroatoms. The number of benzene rings is 1. The highest BCUT2D eigenvalue weighted by molar-refractivity contribution is 5.83. The van der Waals surface area contributed by atoms with E-state index in [1.165, 1.54) is 0 Å². The maximum atomic E-state index is 12.3. The highest BCUT2D eigenvalue weighted by atomic mass is 16.5. The molecule has 0 spiro atoms. The summed E-state index contributed by atoms with van der Waals surface area (Å²) in [5, 5.41) is 3.77. The third kappa shape index (κ3) is 3.56. The van der Waals surface area contributed by atoms with E-state index < -0.39 is 0 Å². The zero-order chi connectivity index (χ0) is 16.9. The van der Waals surface area contributed by atoms with Crippen LogP contribution in [0.5, 0.6) is 5.75 Å². The lowest BCUT2D eigenvalue weighted by Gasteiger charge is -2.19. The van der Waals surface area contributed by atoms with E-state index in [1.54, 1.807) is 25.3 Å². The summed E-state index contributed by atoms with van der Waals surface area (Å²) in [5.41, 5.74) is 0.325. The van der Waals surface area contributed by atoms with Crippen molar-refractivity contribution in [3.05, 3.63) is 34.4 Å². The van der Waals surface area contributed by atoms with Crippen LogP contribution >= 0.6 is 0 Å². The lowest BCUT2D eigenvalue weighted by molar-refractivity contribution is -0.131. The van der Waals surface area contributed by atoms with Gasteiger partial charge in [-0.05, 0) is 25.1 Å². The average molecular weight is 330 g/mol. The summed E-state index contributed by atoms with van der Waals surface area (Å²) in [5.74, 6) is 1.17. The summed E-state index contributed by atoms with van der Waals surface area (Å²) < 4.78 is 5.27. The van der Waals surface area contributed by atoms with Crippen LogP contribution in [0.2, 0.25) is 0 Å². The Morgan fingerprint density at radius 2 is 2.21 bits per heavy atom. The number of carbonyl (C=O) groups is 1. The highest BCUT2D eigenvalue weighted by Gasteiger charge is 2.16. The van der Waals surface area contributed by atoms with Crippen molar-refractivity contribution < 1.29 is 9.53 Å². The standard InChI is InChI=1S/C17H22N4O3/c1-24-13-5-2-4-12-16(13)19-14(20-17(12)23)6-7-15(22)21-10-3-8-18-9-11-21/h2,4-5,18H,3,6-11H2,1H3,(H,19,20,23). The largest absolute Gasteiger partial charge is 0.494 e. The molecule has 1 aromatic carbocycles. The quantitative estimate of drug-likeness (QED) is 0.861. The van der Waals surface area contributed by atoms with E-state index >= 15 is 0 Å². The van der Waals surface area contributed by atoms with E-state index in [0.717, 1.165) is 32.6 Å². The molecule has 1 aromatic heterocycles. The van der Waals surface area contributed by atoms with Gasteiger partial charge in [-0.25, -0.2) is 4.98 Å². The zero-order valence-electron chi connectivity index (χ0n) is 13.8. The number of hydrogen-bond donors (Lipinski definition) is 2. The Labute approximate surface area is 140 Å². The molecule has 1 aliphatic heterocycles. The predicted molar refractivity (Wildman–Crippen MR) is 91.3 cm³/mol. The molecule has 0 saturated carbocycles. The number of carbonyl (C=O) groups excluding carboxylic acids is 1. The lowest BCUT2D eigenvalue weighted by Crippen LogP contribution is -2.34. The van der Waals surface area contributed by atoms with Gasteiger partial charge in [-0.15, -0.1) is 0 Å².